The van der Waals surface area contributed by atoms with Crippen molar-refractivity contribution in [2.45, 2.75) is 13.0 Å². The molecule has 0 aromatic carbocycles. The fourth-order valence-corrected chi connectivity index (χ4v) is 0.335. The van der Waals surface area contributed by atoms with Crippen LogP contribution in [-0.4, -0.2) is 29.7 Å². The molecule has 1 saturated heterocycles. The van der Waals surface area contributed by atoms with Gasteiger partial charge >= 0.3 is 5.97 Å². The SMILES string of the molecule is C=C(C)C(=O)O.ClCC1CO1. The molecule has 0 amide bonds. The first kappa shape index (κ1) is 10.5. The number of carboxylic acid groups (broad SMARTS) is 1. The molecule has 0 aromatic heterocycles. The summed E-state index contributed by atoms with van der Waals surface area (Å²) >= 11 is 5.27. The lowest BCUT2D eigenvalue weighted by atomic mass is 10.4. The van der Waals surface area contributed by atoms with Crippen molar-refractivity contribution < 1.29 is 14.6 Å². The van der Waals surface area contributed by atoms with Crippen LogP contribution in [0, 0.1) is 0 Å². The quantitative estimate of drug-likeness (QED) is 0.394. The lowest BCUT2D eigenvalue weighted by molar-refractivity contribution is -0.132. The smallest absolute Gasteiger partial charge is 0.330 e. The Bertz CT molecular complexity index is 140. The van der Waals surface area contributed by atoms with Crippen LogP contribution in [0.15, 0.2) is 12.2 Å². The van der Waals surface area contributed by atoms with Gasteiger partial charge in [-0.25, -0.2) is 4.79 Å². The highest BCUT2D eigenvalue weighted by Crippen LogP contribution is 2.08. The lowest BCUT2D eigenvalue weighted by Crippen LogP contribution is -1.92. The van der Waals surface area contributed by atoms with Gasteiger partial charge < -0.3 is 9.84 Å². The summed E-state index contributed by atoms with van der Waals surface area (Å²) < 4.78 is 4.73. The first-order valence-corrected chi connectivity index (χ1v) is 3.67. The van der Waals surface area contributed by atoms with Crippen LogP contribution in [0.3, 0.4) is 0 Å². The topological polar surface area (TPSA) is 49.8 Å². The third-order valence-electron chi connectivity index (χ3n) is 0.940. The second kappa shape index (κ2) is 5.16. The number of aliphatic carboxylic acids is 1. The van der Waals surface area contributed by atoms with Crippen molar-refractivity contribution in [2.75, 3.05) is 12.5 Å². The Kier molecular flexibility index (Phi) is 4.90. The molecule has 0 aliphatic carbocycles. The van der Waals surface area contributed by atoms with Gasteiger partial charge in [0.2, 0.25) is 0 Å². The Balaban J connectivity index is 0.000000183. The van der Waals surface area contributed by atoms with Gasteiger partial charge in [-0.3, -0.25) is 0 Å². The van der Waals surface area contributed by atoms with Gasteiger partial charge in [-0.15, -0.1) is 11.6 Å². The molecular weight excluding hydrogens is 168 g/mol. The van der Waals surface area contributed by atoms with E-state index in [0.29, 0.717) is 12.0 Å². The summed E-state index contributed by atoms with van der Waals surface area (Å²) in [4.78, 5) is 9.60. The zero-order valence-corrected chi connectivity index (χ0v) is 7.10. The van der Waals surface area contributed by atoms with Crippen LogP contribution >= 0.6 is 11.6 Å². The molecule has 0 bridgehead atoms. The number of alkyl halides is 1. The molecule has 1 heterocycles. The zero-order chi connectivity index (χ0) is 8.85. The number of carboxylic acids is 1. The van der Waals surface area contributed by atoms with Crippen molar-refractivity contribution in [1.29, 1.82) is 0 Å². The largest absolute Gasteiger partial charge is 0.478 e. The van der Waals surface area contributed by atoms with Crippen LogP contribution < -0.4 is 0 Å². The van der Waals surface area contributed by atoms with Gasteiger partial charge in [0.15, 0.2) is 0 Å². The summed E-state index contributed by atoms with van der Waals surface area (Å²) in [6, 6.07) is 0. The molecule has 3 nitrogen and oxygen atoms in total. The Morgan fingerprint density at radius 3 is 2.27 bits per heavy atom. The number of halogens is 1. The molecule has 0 aromatic rings. The van der Waals surface area contributed by atoms with Gasteiger partial charge in [0, 0.05) is 5.57 Å². The molecule has 0 spiro atoms. The Hall–Kier alpha value is -0.540. The van der Waals surface area contributed by atoms with Crippen LogP contribution in [0.5, 0.6) is 0 Å². The average Bonchev–Trinajstić information content (AvgIpc) is 2.70. The highest BCUT2D eigenvalue weighted by atomic mass is 35.5. The summed E-state index contributed by atoms with van der Waals surface area (Å²) in [5, 5.41) is 7.89. The van der Waals surface area contributed by atoms with E-state index in [2.05, 4.69) is 6.58 Å². The maximum Gasteiger partial charge on any atom is 0.330 e. The third kappa shape index (κ3) is 7.36. The maximum absolute atomic E-state index is 9.60. The summed E-state index contributed by atoms with van der Waals surface area (Å²) in [5.74, 6) is -0.269. The average molecular weight is 179 g/mol. The highest BCUT2D eigenvalue weighted by Gasteiger charge is 2.19. The van der Waals surface area contributed by atoms with Crippen LogP contribution in [0.4, 0.5) is 0 Å². The van der Waals surface area contributed by atoms with E-state index in [0.717, 1.165) is 6.61 Å². The molecule has 11 heavy (non-hydrogen) atoms. The number of epoxide rings is 1. The minimum Gasteiger partial charge on any atom is -0.478 e. The molecule has 1 N–H and O–H groups in total. The van der Waals surface area contributed by atoms with Crippen molar-refractivity contribution in [1.82, 2.24) is 0 Å². The van der Waals surface area contributed by atoms with E-state index in [1.54, 1.807) is 0 Å². The standard InChI is InChI=1S/C4H6O2.C3H5ClO/c1-3(2)4(5)6;4-1-3-2-5-3/h1H2,2H3,(H,5,6);3H,1-2H2. The van der Waals surface area contributed by atoms with Crippen molar-refractivity contribution in [3.8, 4) is 0 Å². The number of hydrogen-bond acceptors (Lipinski definition) is 2. The van der Waals surface area contributed by atoms with Gasteiger partial charge in [-0.05, 0) is 6.92 Å². The Morgan fingerprint density at radius 2 is 2.27 bits per heavy atom. The molecule has 1 fully saturated rings. The van der Waals surface area contributed by atoms with Crippen LogP contribution in [0.1, 0.15) is 6.92 Å². The van der Waals surface area contributed by atoms with E-state index in [-0.39, 0.29) is 5.57 Å². The molecule has 1 aliphatic rings. The predicted molar refractivity (Wildman–Crippen MR) is 42.9 cm³/mol. The van der Waals surface area contributed by atoms with E-state index < -0.39 is 5.97 Å². The molecule has 1 atom stereocenters. The van der Waals surface area contributed by atoms with Gasteiger partial charge in [-0.1, -0.05) is 6.58 Å². The second-order valence-electron chi connectivity index (χ2n) is 2.20. The van der Waals surface area contributed by atoms with E-state index in [4.69, 9.17) is 21.4 Å². The summed E-state index contributed by atoms with van der Waals surface area (Å²) in [7, 11) is 0. The van der Waals surface area contributed by atoms with Crippen LogP contribution in [0.2, 0.25) is 0 Å². The van der Waals surface area contributed by atoms with Crippen molar-refractivity contribution in [3.05, 3.63) is 12.2 Å². The van der Waals surface area contributed by atoms with E-state index in [1.165, 1.54) is 6.92 Å². The lowest BCUT2D eigenvalue weighted by Gasteiger charge is -1.79. The summed E-state index contributed by atoms with van der Waals surface area (Å²) in [6.07, 6.45) is 0.400. The van der Waals surface area contributed by atoms with Crippen molar-refractivity contribution in [3.63, 3.8) is 0 Å². The Morgan fingerprint density at radius 1 is 1.91 bits per heavy atom. The number of ether oxygens (including phenoxy) is 1. The Labute approximate surface area is 70.6 Å². The monoisotopic (exact) mass is 178 g/mol. The summed E-state index contributed by atoms with van der Waals surface area (Å²) in [5.41, 5.74) is 0.176. The highest BCUT2D eigenvalue weighted by molar-refractivity contribution is 6.18. The third-order valence-corrected chi connectivity index (χ3v) is 1.28. The molecule has 64 valence electrons. The molecule has 4 heteroatoms. The second-order valence-corrected chi connectivity index (χ2v) is 2.50. The molecular formula is C7H11ClO3. The first-order chi connectivity index (χ1) is 5.07. The molecule has 1 aliphatic heterocycles. The minimum absolute atomic E-state index is 0.176. The van der Waals surface area contributed by atoms with E-state index >= 15 is 0 Å². The molecule has 0 saturated carbocycles. The van der Waals surface area contributed by atoms with E-state index in [1.807, 2.05) is 0 Å². The number of rotatable bonds is 2. The van der Waals surface area contributed by atoms with Gasteiger partial charge in [0.1, 0.15) is 0 Å². The maximum atomic E-state index is 9.60. The van der Waals surface area contributed by atoms with Gasteiger partial charge in [0.05, 0.1) is 18.6 Å². The van der Waals surface area contributed by atoms with Crippen LogP contribution in [-0.2, 0) is 9.53 Å². The van der Waals surface area contributed by atoms with Crippen molar-refractivity contribution in [2.24, 2.45) is 0 Å². The molecule has 1 unspecified atom stereocenters. The molecule has 0 radical (unpaired) electrons. The fourth-order valence-electron chi connectivity index (χ4n) is 0.157. The van der Waals surface area contributed by atoms with Gasteiger partial charge in [0.25, 0.3) is 0 Å². The van der Waals surface area contributed by atoms with Crippen molar-refractivity contribution >= 4 is 17.6 Å². The fraction of sp³-hybridized carbons (Fsp3) is 0.571. The van der Waals surface area contributed by atoms with Crippen LogP contribution in [0.25, 0.3) is 0 Å². The minimum atomic E-state index is -0.935. The van der Waals surface area contributed by atoms with Gasteiger partial charge in [-0.2, -0.15) is 0 Å². The normalized spacial score (nSPS) is 19.6. The predicted octanol–water partition coefficient (Wildman–Crippen LogP) is 1.27. The first-order valence-electron chi connectivity index (χ1n) is 3.14. The molecule has 1 rings (SSSR count). The number of carbonyl (C=O) groups is 1. The van der Waals surface area contributed by atoms with E-state index in [9.17, 15) is 4.79 Å². The zero-order valence-electron chi connectivity index (χ0n) is 6.34. The number of hydrogen-bond donors (Lipinski definition) is 1. The summed E-state index contributed by atoms with van der Waals surface area (Å²) in [6.45, 7) is 5.48.